The van der Waals surface area contributed by atoms with E-state index < -0.39 is 0 Å². The first-order chi connectivity index (χ1) is 15.8. The molecular weight excluding hydrogens is 396 g/mol. The van der Waals surface area contributed by atoms with Crippen LogP contribution in [0.15, 0.2) is 115 Å². The van der Waals surface area contributed by atoms with E-state index in [1.54, 1.807) is 0 Å². The van der Waals surface area contributed by atoms with Crippen LogP contribution in [0.5, 0.6) is 0 Å². The Kier molecular flexibility index (Phi) is 6.88. The fraction of sp³-hybridized carbons (Fsp3) is 0.103. The monoisotopic (exact) mass is 420 g/mol. The summed E-state index contributed by atoms with van der Waals surface area (Å²) in [6.45, 7) is 0. The van der Waals surface area contributed by atoms with Gasteiger partial charge in [-0.2, -0.15) is 0 Å². The minimum Gasteiger partial charge on any atom is -0.422 e. The highest BCUT2D eigenvalue weighted by Crippen LogP contribution is 2.38. The normalized spacial score (nSPS) is 15.9. The summed E-state index contributed by atoms with van der Waals surface area (Å²) < 4.78 is 5.65. The number of aldehydes is 1. The van der Waals surface area contributed by atoms with Gasteiger partial charge in [0.15, 0.2) is 0 Å². The predicted octanol–water partition coefficient (Wildman–Crippen LogP) is 6.36. The van der Waals surface area contributed by atoms with Crippen molar-refractivity contribution in [1.82, 2.24) is 0 Å². The van der Waals surface area contributed by atoms with E-state index in [0.29, 0.717) is 24.2 Å². The maximum absolute atomic E-state index is 13.0. The summed E-state index contributed by atoms with van der Waals surface area (Å²) in [5.41, 5.74) is 4.54. The molecular formula is C29H24O3. The second kappa shape index (κ2) is 10.4. The summed E-state index contributed by atoms with van der Waals surface area (Å²) >= 11 is 0. The summed E-state index contributed by atoms with van der Waals surface area (Å²) in [5, 5.41) is 0. The fourth-order valence-electron chi connectivity index (χ4n) is 3.96. The molecule has 1 atom stereocenters. The minimum atomic E-state index is -0.335. The van der Waals surface area contributed by atoms with E-state index in [9.17, 15) is 9.59 Å². The number of carbonyl (C=O) groups excluding carboxylic acids is 2. The van der Waals surface area contributed by atoms with Crippen LogP contribution in [0.3, 0.4) is 0 Å². The lowest BCUT2D eigenvalue weighted by Gasteiger charge is -2.19. The molecule has 4 rings (SSSR count). The van der Waals surface area contributed by atoms with Gasteiger partial charge in [-0.05, 0) is 47.6 Å². The van der Waals surface area contributed by atoms with E-state index in [4.69, 9.17) is 4.74 Å². The Morgan fingerprint density at radius 2 is 1.47 bits per heavy atom. The minimum absolute atomic E-state index is 0.108. The smallest absolute Gasteiger partial charge is 0.343 e. The Hall–Kier alpha value is -3.98. The fourth-order valence-corrected chi connectivity index (χ4v) is 3.96. The van der Waals surface area contributed by atoms with Crippen molar-refractivity contribution >= 4 is 23.6 Å². The predicted molar refractivity (Wildman–Crippen MR) is 127 cm³/mol. The van der Waals surface area contributed by atoms with Crippen molar-refractivity contribution in [2.45, 2.75) is 18.8 Å². The highest BCUT2D eigenvalue weighted by atomic mass is 16.5. The van der Waals surface area contributed by atoms with Gasteiger partial charge in [-0.1, -0.05) is 97.1 Å². The average Bonchev–Trinajstić information content (AvgIpc) is 3.24. The van der Waals surface area contributed by atoms with Gasteiger partial charge in [-0.15, -0.1) is 0 Å². The molecule has 0 aromatic heterocycles. The van der Waals surface area contributed by atoms with E-state index in [1.165, 1.54) is 6.08 Å². The number of hydrogen-bond donors (Lipinski definition) is 0. The topological polar surface area (TPSA) is 43.4 Å². The Balaban J connectivity index is 1.78. The van der Waals surface area contributed by atoms with Crippen LogP contribution in [0.1, 0.15) is 35.4 Å². The Bertz CT molecular complexity index is 1160. The van der Waals surface area contributed by atoms with Crippen molar-refractivity contribution in [3.05, 3.63) is 131 Å². The summed E-state index contributed by atoms with van der Waals surface area (Å²) in [7, 11) is 0. The third kappa shape index (κ3) is 5.01. The van der Waals surface area contributed by atoms with Crippen LogP contribution in [-0.2, 0) is 14.3 Å². The molecule has 1 aliphatic rings. The number of hydrogen-bond acceptors (Lipinski definition) is 3. The van der Waals surface area contributed by atoms with Gasteiger partial charge < -0.3 is 4.74 Å². The van der Waals surface area contributed by atoms with Crippen molar-refractivity contribution in [3.8, 4) is 0 Å². The molecule has 0 saturated carbocycles. The van der Waals surface area contributed by atoms with Crippen molar-refractivity contribution in [2.24, 2.45) is 0 Å². The molecule has 158 valence electrons. The lowest BCUT2D eigenvalue weighted by Crippen LogP contribution is -2.05. The van der Waals surface area contributed by atoms with Crippen molar-refractivity contribution in [2.75, 3.05) is 0 Å². The molecule has 0 aliphatic carbocycles. The Morgan fingerprint density at radius 3 is 2.12 bits per heavy atom. The molecule has 0 saturated heterocycles. The number of cyclic esters (lactones) is 1. The van der Waals surface area contributed by atoms with E-state index in [1.807, 2.05) is 91.0 Å². The van der Waals surface area contributed by atoms with Gasteiger partial charge in [-0.3, -0.25) is 4.79 Å². The van der Waals surface area contributed by atoms with Gasteiger partial charge in [0.25, 0.3) is 0 Å². The molecule has 3 aromatic carbocycles. The van der Waals surface area contributed by atoms with Crippen LogP contribution in [0.4, 0.5) is 0 Å². The van der Waals surface area contributed by atoms with Crippen LogP contribution in [0.2, 0.25) is 0 Å². The lowest BCUT2D eigenvalue weighted by atomic mass is 9.84. The standard InChI is InChI=1S/C29H24O3/c30-19-11-10-18-25(22-12-4-1-5-13-22)20-26(23-14-6-2-7-15-23)27-21-28(32-29(27)31)24-16-8-3-9-17-24/h1-17,19,21,25H,18,20H2/b11-10+,27-26-/t25-/m1/s1. The molecule has 0 amide bonds. The van der Waals surface area contributed by atoms with E-state index in [2.05, 4.69) is 12.1 Å². The average molecular weight is 421 g/mol. The molecule has 3 heteroatoms. The Labute approximate surface area is 188 Å². The largest absolute Gasteiger partial charge is 0.422 e. The first-order valence-corrected chi connectivity index (χ1v) is 10.7. The summed E-state index contributed by atoms with van der Waals surface area (Å²) in [6, 6.07) is 29.8. The molecule has 3 nitrogen and oxygen atoms in total. The van der Waals surface area contributed by atoms with Gasteiger partial charge in [0, 0.05) is 5.56 Å². The first-order valence-electron chi connectivity index (χ1n) is 10.7. The quantitative estimate of drug-likeness (QED) is 0.242. The molecule has 1 aliphatic heterocycles. The third-order valence-electron chi connectivity index (χ3n) is 5.56. The third-order valence-corrected chi connectivity index (χ3v) is 5.56. The van der Waals surface area contributed by atoms with Crippen molar-refractivity contribution in [1.29, 1.82) is 0 Å². The molecule has 0 unspecified atom stereocenters. The zero-order valence-corrected chi connectivity index (χ0v) is 17.7. The maximum atomic E-state index is 13.0. The molecule has 32 heavy (non-hydrogen) atoms. The lowest BCUT2D eigenvalue weighted by molar-refractivity contribution is -0.130. The van der Waals surface area contributed by atoms with Crippen molar-refractivity contribution < 1.29 is 14.3 Å². The van der Waals surface area contributed by atoms with Crippen LogP contribution in [0, 0.1) is 0 Å². The number of carbonyl (C=O) groups is 2. The summed E-state index contributed by atoms with van der Waals surface area (Å²) in [5.74, 6) is 0.339. The van der Waals surface area contributed by atoms with Crippen LogP contribution in [-0.4, -0.2) is 12.3 Å². The van der Waals surface area contributed by atoms with Gasteiger partial charge in [0.1, 0.15) is 12.0 Å². The zero-order valence-electron chi connectivity index (χ0n) is 17.7. The van der Waals surface area contributed by atoms with Crippen LogP contribution < -0.4 is 0 Å². The first kappa shape index (κ1) is 21.3. The molecule has 3 aromatic rings. The van der Waals surface area contributed by atoms with Gasteiger partial charge in [-0.25, -0.2) is 4.79 Å². The van der Waals surface area contributed by atoms with Crippen LogP contribution >= 0.6 is 0 Å². The van der Waals surface area contributed by atoms with Crippen LogP contribution in [0.25, 0.3) is 11.3 Å². The highest BCUT2D eigenvalue weighted by molar-refractivity contribution is 6.07. The van der Waals surface area contributed by atoms with E-state index in [-0.39, 0.29) is 11.9 Å². The molecule has 0 spiro atoms. The number of rotatable bonds is 8. The number of allylic oxidation sites excluding steroid dienone is 3. The van der Waals surface area contributed by atoms with E-state index >= 15 is 0 Å². The van der Waals surface area contributed by atoms with Crippen molar-refractivity contribution in [3.63, 3.8) is 0 Å². The number of benzene rings is 3. The SMILES string of the molecule is O=C/C=C/C[C@H](C/C(=C1\C=C(c2ccccc2)OC1=O)c1ccccc1)c1ccccc1. The molecule has 0 N–H and O–H groups in total. The molecule has 0 radical (unpaired) electrons. The van der Waals surface area contributed by atoms with Gasteiger partial charge in [0.2, 0.25) is 0 Å². The summed E-state index contributed by atoms with van der Waals surface area (Å²) in [6.07, 6.45) is 7.39. The molecule has 0 bridgehead atoms. The number of ether oxygens (including phenoxy) is 1. The Morgan fingerprint density at radius 1 is 0.844 bits per heavy atom. The summed E-state index contributed by atoms with van der Waals surface area (Å²) in [4.78, 5) is 23.8. The zero-order chi connectivity index (χ0) is 22.2. The highest BCUT2D eigenvalue weighted by Gasteiger charge is 2.27. The molecule has 0 fully saturated rings. The maximum Gasteiger partial charge on any atom is 0.343 e. The molecule has 1 heterocycles. The second-order valence-corrected chi connectivity index (χ2v) is 7.63. The second-order valence-electron chi connectivity index (χ2n) is 7.63. The van der Waals surface area contributed by atoms with E-state index in [0.717, 1.165) is 28.5 Å². The number of esters is 1. The van der Waals surface area contributed by atoms with Gasteiger partial charge >= 0.3 is 5.97 Å². The van der Waals surface area contributed by atoms with Gasteiger partial charge in [0.05, 0.1) is 5.57 Å².